The molecular weight excluding hydrogens is 492 g/mol. The minimum Gasteiger partial charge on any atom is -0.507 e. The molecule has 3 heterocycles. The van der Waals surface area contributed by atoms with E-state index in [1.54, 1.807) is 18.2 Å². The number of fused-ring (bicyclic) bond motifs is 1. The van der Waals surface area contributed by atoms with Gasteiger partial charge in [0.15, 0.2) is 17.2 Å². The molecule has 13 heteroatoms. The largest absolute Gasteiger partial charge is 0.507 e. The first-order valence-corrected chi connectivity index (χ1v) is 11.3. The van der Waals surface area contributed by atoms with Crippen LogP contribution >= 0.6 is 0 Å². The van der Waals surface area contributed by atoms with Crippen LogP contribution in [0.5, 0.6) is 23.0 Å². The predicted octanol–water partition coefficient (Wildman–Crippen LogP) is 0.0974. The van der Waals surface area contributed by atoms with E-state index in [1.807, 2.05) is 0 Å². The van der Waals surface area contributed by atoms with Gasteiger partial charge in [-0.3, -0.25) is 5.10 Å². The Labute approximate surface area is 209 Å². The molecule has 0 radical (unpaired) electrons. The number of carboxylic acid groups (broad SMARTS) is 1. The Morgan fingerprint density at radius 2 is 1.78 bits per heavy atom. The topological polar surface area (TPSA) is 204 Å². The van der Waals surface area contributed by atoms with Gasteiger partial charge in [-0.1, -0.05) is 6.07 Å². The van der Waals surface area contributed by atoms with Crippen LogP contribution in [0.1, 0.15) is 10.5 Å². The van der Waals surface area contributed by atoms with E-state index in [0.29, 0.717) is 30.3 Å². The summed E-state index contributed by atoms with van der Waals surface area (Å²) in [5.74, 6) is -0.593. The number of phenols is 1. The predicted molar refractivity (Wildman–Crippen MR) is 123 cm³/mol. The van der Waals surface area contributed by atoms with Gasteiger partial charge >= 0.3 is 5.97 Å². The number of aromatic hydroxyl groups is 1. The maximum atomic E-state index is 11.9. The summed E-state index contributed by atoms with van der Waals surface area (Å²) in [6.45, 7) is 0.120. The second kappa shape index (κ2) is 9.88. The maximum Gasteiger partial charge on any atom is 0.354 e. The fourth-order valence-electron chi connectivity index (χ4n) is 4.26. The number of aromatic carboxylic acids is 1. The Balaban J connectivity index is 1.47. The second-order valence-electron chi connectivity index (χ2n) is 8.48. The molecule has 1 aromatic heterocycles. The number of nitrogens with zero attached hydrogens (tertiary/aromatic N) is 1. The SMILES string of the molecule is O=C(O)c1[nH]nc(-c2ccc(O[C@H]3O[C@@H](CO)[C@@H](O)[C@@H](O)[C@H]3O)cc2O)c1-c1ccc2c(c1)OCCO2. The molecule has 2 aliphatic heterocycles. The standard InChI is InChI=1S/C24H24N2O11/c27-9-16-20(29)21(30)22(31)24(37-16)36-11-2-3-12(13(28)8-11)18-17(19(23(32)33)26-25-18)10-1-4-14-15(7-10)35-6-5-34-14/h1-4,7-8,16,20-22,24,27-31H,5-6,9H2,(H,25,26)(H,32,33)/t16-,20+,21+,22+,24-/m0/s1. The van der Waals surface area contributed by atoms with E-state index >= 15 is 0 Å². The Hall–Kier alpha value is -3.88. The molecule has 0 bridgehead atoms. The van der Waals surface area contributed by atoms with Crippen molar-refractivity contribution in [3.8, 4) is 45.4 Å². The third kappa shape index (κ3) is 4.54. The average molecular weight is 516 g/mol. The first kappa shape index (κ1) is 24.8. The summed E-state index contributed by atoms with van der Waals surface area (Å²) in [7, 11) is 0. The molecule has 2 aliphatic rings. The average Bonchev–Trinajstić information content (AvgIpc) is 3.34. The van der Waals surface area contributed by atoms with Gasteiger partial charge in [-0.25, -0.2) is 4.79 Å². The zero-order valence-electron chi connectivity index (χ0n) is 19.1. The van der Waals surface area contributed by atoms with Gasteiger partial charge in [0, 0.05) is 17.2 Å². The third-order valence-electron chi connectivity index (χ3n) is 6.14. The number of aromatic amines is 1. The molecule has 37 heavy (non-hydrogen) atoms. The van der Waals surface area contributed by atoms with Crippen molar-refractivity contribution >= 4 is 5.97 Å². The summed E-state index contributed by atoms with van der Waals surface area (Å²) in [5.41, 5.74) is 0.794. The van der Waals surface area contributed by atoms with E-state index in [2.05, 4.69) is 10.2 Å². The van der Waals surface area contributed by atoms with Crippen LogP contribution in [0.3, 0.4) is 0 Å². The molecule has 0 saturated carbocycles. The van der Waals surface area contributed by atoms with Crippen molar-refractivity contribution in [3.63, 3.8) is 0 Å². The lowest BCUT2D eigenvalue weighted by atomic mass is 9.97. The summed E-state index contributed by atoms with van der Waals surface area (Å²) >= 11 is 0. The van der Waals surface area contributed by atoms with Crippen molar-refractivity contribution in [1.29, 1.82) is 0 Å². The highest BCUT2D eigenvalue weighted by Crippen LogP contribution is 2.42. The molecule has 1 saturated heterocycles. The van der Waals surface area contributed by atoms with Gasteiger partial charge in [0.2, 0.25) is 6.29 Å². The molecule has 1 fully saturated rings. The number of aromatic nitrogens is 2. The highest BCUT2D eigenvalue weighted by molar-refractivity contribution is 5.99. The normalized spacial score (nSPS) is 25.0. The number of hydrogen-bond acceptors (Lipinski definition) is 11. The molecule has 5 atom stereocenters. The highest BCUT2D eigenvalue weighted by Gasteiger charge is 2.44. The second-order valence-corrected chi connectivity index (χ2v) is 8.48. The fraction of sp³-hybridized carbons (Fsp3) is 0.333. The first-order valence-electron chi connectivity index (χ1n) is 11.3. The monoisotopic (exact) mass is 516 g/mol. The van der Waals surface area contributed by atoms with Gasteiger partial charge in [0.1, 0.15) is 54.8 Å². The van der Waals surface area contributed by atoms with E-state index in [1.165, 1.54) is 18.2 Å². The van der Waals surface area contributed by atoms with Gasteiger partial charge < -0.3 is 49.6 Å². The van der Waals surface area contributed by atoms with Crippen LogP contribution in [0.2, 0.25) is 0 Å². The number of H-pyrrole nitrogens is 1. The van der Waals surface area contributed by atoms with Crippen LogP contribution < -0.4 is 14.2 Å². The van der Waals surface area contributed by atoms with E-state index in [-0.39, 0.29) is 34.0 Å². The van der Waals surface area contributed by atoms with Crippen LogP contribution in [0.25, 0.3) is 22.4 Å². The van der Waals surface area contributed by atoms with Gasteiger partial charge in [-0.2, -0.15) is 5.10 Å². The molecule has 13 nitrogen and oxygen atoms in total. The third-order valence-corrected chi connectivity index (χ3v) is 6.14. The quantitative estimate of drug-likeness (QED) is 0.233. The molecule has 5 rings (SSSR count). The molecule has 0 unspecified atom stereocenters. The molecule has 0 spiro atoms. The van der Waals surface area contributed by atoms with Crippen LogP contribution in [0, 0.1) is 0 Å². The number of nitrogens with one attached hydrogen (secondary N) is 1. The van der Waals surface area contributed by atoms with Crippen LogP contribution in [-0.4, -0.2) is 97.3 Å². The van der Waals surface area contributed by atoms with E-state index in [9.17, 15) is 35.4 Å². The summed E-state index contributed by atoms with van der Waals surface area (Å²) in [6, 6.07) is 8.98. The number of carbonyl (C=O) groups is 1. The van der Waals surface area contributed by atoms with Crippen LogP contribution in [-0.2, 0) is 4.74 Å². The molecule has 0 amide bonds. The number of rotatable bonds is 6. The van der Waals surface area contributed by atoms with Crippen LogP contribution in [0.4, 0.5) is 0 Å². The molecule has 0 aliphatic carbocycles. The van der Waals surface area contributed by atoms with E-state index in [4.69, 9.17) is 18.9 Å². The Bertz CT molecular complexity index is 1310. The van der Waals surface area contributed by atoms with Crippen molar-refractivity contribution in [2.24, 2.45) is 0 Å². The number of aliphatic hydroxyl groups is 4. The Morgan fingerprint density at radius 1 is 1.03 bits per heavy atom. The van der Waals surface area contributed by atoms with E-state index in [0.717, 1.165) is 0 Å². The minimum atomic E-state index is -1.63. The summed E-state index contributed by atoms with van der Waals surface area (Å²) in [4.78, 5) is 11.9. The van der Waals surface area contributed by atoms with Crippen molar-refractivity contribution in [2.75, 3.05) is 19.8 Å². The Kier molecular flexibility index (Phi) is 6.62. The molecule has 2 aromatic carbocycles. The number of carboxylic acids is 1. The number of hydrogen-bond donors (Lipinski definition) is 7. The summed E-state index contributed by atoms with van der Waals surface area (Å²) < 4.78 is 22.0. The lowest BCUT2D eigenvalue weighted by molar-refractivity contribution is -0.277. The lowest BCUT2D eigenvalue weighted by Crippen LogP contribution is -2.60. The first-order chi connectivity index (χ1) is 17.8. The van der Waals surface area contributed by atoms with E-state index < -0.39 is 43.3 Å². The molecule has 7 N–H and O–H groups in total. The van der Waals surface area contributed by atoms with Gasteiger partial charge in [-0.05, 0) is 29.8 Å². The van der Waals surface area contributed by atoms with Crippen molar-refractivity contribution in [3.05, 3.63) is 42.1 Å². The van der Waals surface area contributed by atoms with Gasteiger partial charge in [0.25, 0.3) is 0 Å². The number of ether oxygens (including phenoxy) is 4. The fourth-order valence-corrected chi connectivity index (χ4v) is 4.26. The maximum absolute atomic E-state index is 11.9. The van der Waals surface area contributed by atoms with Crippen molar-refractivity contribution in [1.82, 2.24) is 10.2 Å². The number of benzene rings is 2. The number of aliphatic hydroxyl groups excluding tert-OH is 4. The highest BCUT2D eigenvalue weighted by atomic mass is 16.7. The zero-order valence-corrected chi connectivity index (χ0v) is 19.1. The molecular formula is C24H24N2O11. The zero-order chi connectivity index (χ0) is 26.3. The summed E-state index contributed by atoms with van der Waals surface area (Å²) in [5, 5.41) is 66.5. The van der Waals surface area contributed by atoms with Gasteiger partial charge in [-0.15, -0.1) is 0 Å². The number of phenolic OH excluding ortho intramolecular Hbond substituents is 1. The Morgan fingerprint density at radius 3 is 2.49 bits per heavy atom. The van der Waals surface area contributed by atoms with Crippen molar-refractivity contribution in [2.45, 2.75) is 30.7 Å². The minimum absolute atomic E-state index is 0.0282. The summed E-state index contributed by atoms with van der Waals surface area (Å²) in [6.07, 6.45) is -7.42. The molecule has 196 valence electrons. The molecule has 3 aromatic rings. The smallest absolute Gasteiger partial charge is 0.354 e. The lowest BCUT2D eigenvalue weighted by Gasteiger charge is -2.39. The van der Waals surface area contributed by atoms with Crippen molar-refractivity contribution < 1.29 is 54.4 Å². The van der Waals surface area contributed by atoms with Gasteiger partial charge in [0.05, 0.1) is 6.61 Å². The van der Waals surface area contributed by atoms with Crippen LogP contribution in [0.15, 0.2) is 36.4 Å².